The minimum Gasteiger partial charge on any atom is -0.477 e. The monoisotopic (exact) mass is 236 g/mol. The number of rotatable bonds is 3. The minimum absolute atomic E-state index is 0.127. The number of nitro benzene ring substituents is 1. The molecule has 2 rings (SSSR count). The molecule has 0 amide bonds. The first-order valence-electron chi connectivity index (χ1n) is 4.67. The smallest absolute Gasteiger partial charge is 0.352 e. The van der Waals surface area contributed by atoms with Gasteiger partial charge in [-0.05, 0) is 17.7 Å². The number of aliphatic hydroxyl groups excluding tert-OH is 1. The number of hydrogen-bond donors (Lipinski definition) is 3. The summed E-state index contributed by atoms with van der Waals surface area (Å²) < 4.78 is 0. The molecule has 17 heavy (non-hydrogen) atoms. The highest BCUT2D eigenvalue weighted by Crippen LogP contribution is 2.27. The van der Waals surface area contributed by atoms with Crippen LogP contribution in [0.5, 0.6) is 0 Å². The number of aliphatic hydroxyl groups is 1. The van der Waals surface area contributed by atoms with Crippen LogP contribution in [0, 0.1) is 10.1 Å². The van der Waals surface area contributed by atoms with E-state index in [0.29, 0.717) is 10.9 Å². The van der Waals surface area contributed by atoms with E-state index in [1.54, 1.807) is 0 Å². The van der Waals surface area contributed by atoms with Gasteiger partial charge < -0.3 is 15.2 Å². The molecule has 7 nitrogen and oxygen atoms in total. The van der Waals surface area contributed by atoms with Crippen LogP contribution in [0.15, 0.2) is 18.2 Å². The molecular formula is C10H8N2O5. The molecule has 0 aliphatic heterocycles. The minimum atomic E-state index is -1.19. The number of benzene rings is 1. The third kappa shape index (κ3) is 1.83. The molecule has 1 aromatic carbocycles. The van der Waals surface area contributed by atoms with Crippen molar-refractivity contribution in [2.24, 2.45) is 0 Å². The van der Waals surface area contributed by atoms with Gasteiger partial charge in [-0.3, -0.25) is 10.1 Å². The predicted molar refractivity (Wildman–Crippen MR) is 57.8 cm³/mol. The summed E-state index contributed by atoms with van der Waals surface area (Å²) in [5.74, 6) is -1.19. The number of carbonyl (C=O) groups is 1. The molecule has 0 radical (unpaired) electrons. The molecule has 0 fully saturated rings. The number of aromatic nitrogens is 1. The first kappa shape index (κ1) is 11.1. The van der Waals surface area contributed by atoms with Gasteiger partial charge in [0.05, 0.1) is 11.5 Å². The summed E-state index contributed by atoms with van der Waals surface area (Å²) in [4.78, 5) is 23.4. The lowest BCUT2D eigenvalue weighted by molar-refractivity contribution is -0.383. The summed E-state index contributed by atoms with van der Waals surface area (Å²) in [5, 5.41) is 29.0. The third-order valence-electron chi connectivity index (χ3n) is 2.38. The normalized spacial score (nSPS) is 10.6. The lowest BCUT2D eigenvalue weighted by Gasteiger charge is -1.98. The maximum absolute atomic E-state index is 10.8. The van der Waals surface area contributed by atoms with E-state index < -0.39 is 10.9 Å². The highest BCUT2D eigenvalue weighted by molar-refractivity contribution is 5.97. The van der Waals surface area contributed by atoms with Crippen LogP contribution in [-0.2, 0) is 6.61 Å². The highest BCUT2D eigenvalue weighted by atomic mass is 16.6. The molecule has 0 aliphatic carbocycles. The molecule has 0 saturated heterocycles. The lowest BCUT2D eigenvalue weighted by atomic mass is 10.1. The van der Waals surface area contributed by atoms with E-state index in [1.165, 1.54) is 18.2 Å². The first-order chi connectivity index (χ1) is 8.02. The lowest BCUT2D eigenvalue weighted by Crippen LogP contribution is -1.96. The Labute approximate surface area is 94.5 Å². The van der Waals surface area contributed by atoms with Gasteiger partial charge in [0.25, 0.3) is 5.69 Å². The van der Waals surface area contributed by atoms with E-state index in [0.717, 1.165) is 0 Å². The average Bonchev–Trinajstić information content (AvgIpc) is 2.70. The Bertz CT molecular complexity index is 616. The van der Waals surface area contributed by atoms with Gasteiger partial charge >= 0.3 is 5.97 Å². The van der Waals surface area contributed by atoms with Crippen LogP contribution in [0.1, 0.15) is 16.1 Å². The highest BCUT2D eigenvalue weighted by Gasteiger charge is 2.18. The number of carboxylic acid groups (broad SMARTS) is 1. The number of aromatic carboxylic acids is 1. The van der Waals surface area contributed by atoms with Crippen molar-refractivity contribution in [2.45, 2.75) is 6.61 Å². The molecule has 0 atom stereocenters. The molecule has 7 heteroatoms. The topological polar surface area (TPSA) is 116 Å². The van der Waals surface area contributed by atoms with Crippen molar-refractivity contribution < 1.29 is 19.9 Å². The van der Waals surface area contributed by atoms with Crippen LogP contribution in [0.4, 0.5) is 5.69 Å². The SMILES string of the molecule is O=C(O)c1cc2cc(CO)cc([N+](=O)[O-])c2[nH]1. The molecule has 0 saturated carbocycles. The molecule has 3 N–H and O–H groups in total. The van der Waals surface area contributed by atoms with Crippen molar-refractivity contribution >= 4 is 22.6 Å². The van der Waals surface area contributed by atoms with Crippen molar-refractivity contribution in [3.05, 3.63) is 39.6 Å². The summed E-state index contributed by atoms with van der Waals surface area (Å²) >= 11 is 0. The average molecular weight is 236 g/mol. The summed E-state index contributed by atoms with van der Waals surface area (Å²) in [5.41, 5.74) is 0.127. The van der Waals surface area contributed by atoms with E-state index in [2.05, 4.69) is 4.98 Å². The third-order valence-corrected chi connectivity index (χ3v) is 2.38. The van der Waals surface area contributed by atoms with E-state index >= 15 is 0 Å². The Kier molecular flexibility index (Phi) is 2.52. The van der Waals surface area contributed by atoms with Crippen molar-refractivity contribution in [2.75, 3.05) is 0 Å². The number of nitrogens with zero attached hydrogens (tertiary/aromatic N) is 1. The summed E-state index contributed by atoms with van der Waals surface area (Å²) in [7, 11) is 0. The second kappa shape index (κ2) is 3.87. The molecule has 88 valence electrons. The zero-order chi connectivity index (χ0) is 12.6. The number of H-pyrrole nitrogens is 1. The molecule has 1 aromatic heterocycles. The van der Waals surface area contributed by atoms with Crippen molar-refractivity contribution in [1.82, 2.24) is 4.98 Å². The largest absolute Gasteiger partial charge is 0.477 e. The van der Waals surface area contributed by atoms with Crippen LogP contribution in [0.2, 0.25) is 0 Å². The van der Waals surface area contributed by atoms with Crippen molar-refractivity contribution in [3.63, 3.8) is 0 Å². The predicted octanol–water partition coefficient (Wildman–Crippen LogP) is 1.27. The molecule has 0 spiro atoms. The Balaban J connectivity index is 2.77. The van der Waals surface area contributed by atoms with Crippen molar-refractivity contribution in [3.8, 4) is 0 Å². The van der Waals surface area contributed by atoms with Gasteiger partial charge in [-0.2, -0.15) is 0 Å². The van der Waals surface area contributed by atoms with Gasteiger partial charge in [0.1, 0.15) is 11.2 Å². The van der Waals surface area contributed by atoms with E-state index in [-0.39, 0.29) is 23.5 Å². The zero-order valence-corrected chi connectivity index (χ0v) is 8.51. The molecule has 1 heterocycles. The molecule has 2 aromatic rings. The zero-order valence-electron chi connectivity index (χ0n) is 8.51. The van der Waals surface area contributed by atoms with E-state index in [1.807, 2.05) is 0 Å². The van der Waals surface area contributed by atoms with Gasteiger partial charge in [0.15, 0.2) is 0 Å². The number of carboxylic acids is 1. The van der Waals surface area contributed by atoms with Crippen LogP contribution in [0.3, 0.4) is 0 Å². The molecule has 0 unspecified atom stereocenters. The number of nitrogens with one attached hydrogen (secondary N) is 1. The fraction of sp³-hybridized carbons (Fsp3) is 0.100. The molecular weight excluding hydrogens is 228 g/mol. The van der Waals surface area contributed by atoms with Crippen LogP contribution in [-0.4, -0.2) is 26.1 Å². The number of nitro groups is 1. The molecule has 0 aliphatic rings. The van der Waals surface area contributed by atoms with Crippen LogP contribution in [0.25, 0.3) is 10.9 Å². The Morgan fingerprint density at radius 3 is 2.65 bits per heavy atom. The summed E-state index contributed by atoms with van der Waals surface area (Å²) in [6.45, 7) is -0.343. The fourth-order valence-corrected chi connectivity index (χ4v) is 1.64. The van der Waals surface area contributed by atoms with Crippen LogP contribution < -0.4 is 0 Å². The summed E-state index contributed by atoms with van der Waals surface area (Å²) in [6.07, 6.45) is 0. The number of non-ortho nitro benzene ring substituents is 1. The Morgan fingerprint density at radius 2 is 2.12 bits per heavy atom. The van der Waals surface area contributed by atoms with Crippen LogP contribution >= 0.6 is 0 Å². The second-order valence-corrected chi connectivity index (χ2v) is 3.48. The quantitative estimate of drug-likeness (QED) is 0.548. The standard InChI is InChI=1S/C10H8N2O5/c13-4-5-1-6-3-7(10(14)15)11-9(6)8(2-5)12(16)17/h1-3,11,13H,4H2,(H,14,15). The van der Waals surface area contributed by atoms with Gasteiger partial charge in [0.2, 0.25) is 0 Å². The number of hydrogen-bond acceptors (Lipinski definition) is 4. The van der Waals surface area contributed by atoms with E-state index in [4.69, 9.17) is 10.2 Å². The molecule has 0 bridgehead atoms. The summed E-state index contributed by atoms with van der Waals surface area (Å²) in [6, 6.07) is 4.01. The van der Waals surface area contributed by atoms with Gasteiger partial charge in [-0.1, -0.05) is 0 Å². The number of fused-ring (bicyclic) bond motifs is 1. The Hall–Kier alpha value is -2.41. The Morgan fingerprint density at radius 1 is 1.41 bits per heavy atom. The van der Waals surface area contributed by atoms with E-state index in [9.17, 15) is 14.9 Å². The van der Waals surface area contributed by atoms with Crippen molar-refractivity contribution in [1.29, 1.82) is 0 Å². The first-order valence-corrected chi connectivity index (χ1v) is 4.67. The number of aromatic amines is 1. The second-order valence-electron chi connectivity index (χ2n) is 3.48. The fourth-order valence-electron chi connectivity index (χ4n) is 1.64. The maximum atomic E-state index is 10.8. The van der Waals surface area contributed by atoms with Gasteiger partial charge in [-0.25, -0.2) is 4.79 Å². The van der Waals surface area contributed by atoms with Gasteiger partial charge in [-0.15, -0.1) is 0 Å². The van der Waals surface area contributed by atoms with Gasteiger partial charge in [0, 0.05) is 11.5 Å². The maximum Gasteiger partial charge on any atom is 0.352 e.